The van der Waals surface area contributed by atoms with E-state index in [0.717, 1.165) is 18.4 Å². The normalized spacial score (nSPS) is 14.5. The van der Waals surface area contributed by atoms with Crippen molar-refractivity contribution in [3.63, 3.8) is 0 Å². The largest absolute Gasteiger partial charge is 0.493 e. The molecule has 1 N–H and O–H groups in total. The fourth-order valence-corrected chi connectivity index (χ4v) is 3.82. The maximum Gasteiger partial charge on any atom is 0.251 e. The zero-order chi connectivity index (χ0) is 21.5. The highest BCUT2D eigenvalue weighted by atomic mass is 16.5. The molecule has 1 heterocycles. The quantitative estimate of drug-likeness (QED) is 0.544. The molecule has 2 aromatic carbocycles. The van der Waals surface area contributed by atoms with Crippen molar-refractivity contribution in [1.82, 2.24) is 15.3 Å². The lowest BCUT2D eigenvalue weighted by atomic mass is 10.1. The minimum Gasteiger partial charge on any atom is -0.493 e. The van der Waals surface area contributed by atoms with Crippen LogP contribution in [0.25, 0.3) is 11.4 Å². The Labute approximate surface area is 182 Å². The van der Waals surface area contributed by atoms with E-state index in [1.807, 2.05) is 48.5 Å². The number of para-hydroxylation sites is 2. The average Bonchev–Trinajstić information content (AvgIpc) is 3.08. The van der Waals surface area contributed by atoms with Gasteiger partial charge >= 0.3 is 0 Å². The van der Waals surface area contributed by atoms with E-state index in [1.54, 1.807) is 19.4 Å². The SMILES string of the molecule is COc1ccccc1Oc1ccnc(-c2ccc(C(=O)NC3CCCCCC3)cc2)n1. The standard InChI is InChI=1S/C25H27N3O3/c1-30-21-10-6-7-11-22(21)31-23-16-17-26-24(28-23)18-12-14-19(15-13-18)25(29)27-20-8-4-2-3-5-9-20/h6-7,10-17,20H,2-5,8-9H2,1H3,(H,27,29). The smallest absolute Gasteiger partial charge is 0.251 e. The number of rotatable bonds is 6. The third-order valence-corrected chi connectivity index (χ3v) is 5.51. The second-order valence-corrected chi connectivity index (χ2v) is 7.71. The highest BCUT2D eigenvalue weighted by Crippen LogP contribution is 2.30. The molecule has 0 saturated heterocycles. The van der Waals surface area contributed by atoms with Crippen molar-refractivity contribution in [2.45, 2.75) is 44.6 Å². The van der Waals surface area contributed by atoms with Crippen molar-refractivity contribution < 1.29 is 14.3 Å². The van der Waals surface area contributed by atoms with Gasteiger partial charge in [-0.15, -0.1) is 0 Å². The lowest BCUT2D eigenvalue weighted by Gasteiger charge is -2.16. The highest BCUT2D eigenvalue weighted by Gasteiger charge is 2.16. The minimum absolute atomic E-state index is 0.0207. The molecule has 0 atom stereocenters. The van der Waals surface area contributed by atoms with Crippen molar-refractivity contribution in [2.75, 3.05) is 7.11 Å². The van der Waals surface area contributed by atoms with Gasteiger partial charge in [-0.3, -0.25) is 4.79 Å². The van der Waals surface area contributed by atoms with Crippen molar-refractivity contribution in [1.29, 1.82) is 0 Å². The van der Waals surface area contributed by atoms with E-state index in [0.29, 0.717) is 28.8 Å². The molecule has 0 spiro atoms. The number of carbonyl (C=O) groups is 1. The van der Waals surface area contributed by atoms with Crippen molar-refractivity contribution in [3.8, 4) is 28.8 Å². The summed E-state index contributed by atoms with van der Waals surface area (Å²) in [5.74, 6) is 2.15. The summed E-state index contributed by atoms with van der Waals surface area (Å²) in [6.07, 6.45) is 8.69. The van der Waals surface area contributed by atoms with Gasteiger partial charge in [0.05, 0.1) is 7.11 Å². The number of nitrogens with one attached hydrogen (secondary N) is 1. The Bertz CT molecular complexity index is 1010. The summed E-state index contributed by atoms with van der Waals surface area (Å²) in [6, 6.07) is 16.7. The van der Waals surface area contributed by atoms with Crippen LogP contribution in [0.3, 0.4) is 0 Å². The van der Waals surface area contributed by atoms with Gasteiger partial charge in [0, 0.05) is 29.4 Å². The first-order valence-electron chi connectivity index (χ1n) is 10.8. The van der Waals surface area contributed by atoms with E-state index in [2.05, 4.69) is 15.3 Å². The molecule has 4 rings (SSSR count). The summed E-state index contributed by atoms with van der Waals surface area (Å²) in [7, 11) is 1.60. The Morgan fingerprint density at radius 3 is 2.35 bits per heavy atom. The second kappa shape index (κ2) is 10.1. The lowest BCUT2D eigenvalue weighted by Crippen LogP contribution is -2.34. The molecular formula is C25H27N3O3. The Kier molecular flexibility index (Phi) is 6.77. The van der Waals surface area contributed by atoms with Crippen LogP contribution >= 0.6 is 0 Å². The molecule has 3 aromatic rings. The molecule has 0 unspecified atom stereocenters. The van der Waals surface area contributed by atoms with Gasteiger partial charge < -0.3 is 14.8 Å². The number of hydrogen-bond donors (Lipinski definition) is 1. The monoisotopic (exact) mass is 417 g/mol. The van der Waals surface area contributed by atoms with Gasteiger partial charge in [-0.05, 0) is 37.1 Å². The summed E-state index contributed by atoms with van der Waals surface area (Å²) >= 11 is 0. The zero-order valence-electron chi connectivity index (χ0n) is 17.7. The predicted octanol–water partition coefficient (Wildman–Crippen LogP) is 5.40. The van der Waals surface area contributed by atoms with Crippen LogP contribution in [0.15, 0.2) is 60.8 Å². The molecule has 1 aliphatic rings. The zero-order valence-corrected chi connectivity index (χ0v) is 17.7. The van der Waals surface area contributed by atoms with E-state index in [9.17, 15) is 4.79 Å². The average molecular weight is 418 g/mol. The number of amides is 1. The van der Waals surface area contributed by atoms with Gasteiger partial charge in [-0.1, -0.05) is 49.9 Å². The van der Waals surface area contributed by atoms with Crippen LogP contribution in [0, 0.1) is 0 Å². The number of methoxy groups -OCH3 is 1. The molecule has 0 bridgehead atoms. The number of ether oxygens (including phenoxy) is 2. The van der Waals surface area contributed by atoms with Crippen LogP contribution in [-0.2, 0) is 0 Å². The van der Waals surface area contributed by atoms with Crippen molar-refractivity contribution >= 4 is 5.91 Å². The molecule has 6 heteroatoms. The van der Waals surface area contributed by atoms with Gasteiger partial charge in [0.25, 0.3) is 5.91 Å². The van der Waals surface area contributed by atoms with E-state index < -0.39 is 0 Å². The van der Waals surface area contributed by atoms with Gasteiger partial charge in [0.1, 0.15) is 0 Å². The third kappa shape index (κ3) is 5.40. The molecule has 31 heavy (non-hydrogen) atoms. The van der Waals surface area contributed by atoms with E-state index in [1.165, 1.54) is 25.7 Å². The molecule has 6 nitrogen and oxygen atoms in total. The first kappa shape index (κ1) is 20.8. The van der Waals surface area contributed by atoms with E-state index >= 15 is 0 Å². The van der Waals surface area contributed by atoms with Crippen molar-refractivity contribution in [3.05, 3.63) is 66.4 Å². The van der Waals surface area contributed by atoms with Crippen LogP contribution in [0.5, 0.6) is 17.4 Å². The fourth-order valence-electron chi connectivity index (χ4n) is 3.82. The Morgan fingerprint density at radius 1 is 0.935 bits per heavy atom. The van der Waals surface area contributed by atoms with Crippen molar-refractivity contribution in [2.24, 2.45) is 0 Å². The van der Waals surface area contributed by atoms with Gasteiger partial charge in [-0.25, -0.2) is 4.98 Å². The Hall–Kier alpha value is -3.41. The summed E-state index contributed by atoms with van der Waals surface area (Å²) in [4.78, 5) is 21.5. The maximum atomic E-state index is 12.6. The van der Waals surface area contributed by atoms with E-state index in [4.69, 9.17) is 9.47 Å². The molecule has 1 aromatic heterocycles. The molecule has 1 fully saturated rings. The molecule has 1 aliphatic carbocycles. The Balaban J connectivity index is 1.45. The topological polar surface area (TPSA) is 73.3 Å². The molecule has 1 amide bonds. The van der Waals surface area contributed by atoms with Crippen LogP contribution < -0.4 is 14.8 Å². The fraction of sp³-hybridized carbons (Fsp3) is 0.320. The molecule has 1 saturated carbocycles. The second-order valence-electron chi connectivity index (χ2n) is 7.71. The first-order valence-corrected chi connectivity index (χ1v) is 10.8. The number of carbonyl (C=O) groups excluding carboxylic acids is 1. The van der Waals surface area contributed by atoms with Crippen LogP contribution in [0.4, 0.5) is 0 Å². The maximum absolute atomic E-state index is 12.6. The summed E-state index contributed by atoms with van der Waals surface area (Å²) in [5, 5.41) is 3.18. The molecular weight excluding hydrogens is 390 g/mol. The number of nitrogens with zero attached hydrogens (tertiary/aromatic N) is 2. The van der Waals surface area contributed by atoms with Gasteiger partial charge in [-0.2, -0.15) is 4.98 Å². The lowest BCUT2D eigenvalue weighted by molar-refractivity contribution is 0.0933. The van der Waals surface area contributed by atoms with E-state index in [-0.39, 0.29) is 11.9 Å². The molecule has 160 valence electrons. The highest BCUT2D eigenvalue weighted by molar-refractivity contribution is 5.94. The molecule has 0 radical (unpaired) electrons. The van der Waals surface area contributed by atoms with Gasteiger partial charge in [0.15, 0.2) is 17.3 Å². The molecule has 0 aliphatic heterocycles. The van der Waals surface area contributed by atoms with Crippen LogP contribution in [0.1, 0.15) is 48.9 Å². The summed E-state index contributed by atoms with van der Waals surface area (Å²) < 4.78 is 11.2. The van der Waals surface area contributed by atoms with Crippen LogP contribution in [0.2, 0.25) is 0 Å². The summed E-state index contributed by atoms with van der Waals surface area (Å²) in [5.41, 5.74) is 1.46. The number of aromatic nitrogens is 2. The van der Waals surface area contributed by atoms with Crippen LogP contribution in [-0.4, -0.2) is 29.0 Å². The Morgan fingerprint density at radius 2 is 1.65 bits per heavy atom. The third-order valence-electron chi connectivity index (χ3n) is 5.51. The first-order chi connectivity index (χ1) is 15.2. The summed E-state index contributed by atoms with van der Waals surface area (Å²) in [6.45, 7) is 0. The minimum atomic E-state index is -0.0207. The van der Waals surface area contributed by atoms with Gasteiger partial charge in [0.2, 0.25) is 5.88 Å². The number of benzene rings is 2. The predicted molar refractivity (Wildman–Crippen MR) is 119 cm³/mol. The number of hydrogen-bond acceptors (Lipinski definition) is 5.